The van der Waals surface area contributed by atoms with E-state index in [2.05, 4.69) is 0 Å². The first kappa shape index (κ1) is 12.3. The predicted octanol–water partition coefficient (Wildman–Crippen LogP) is 2.26. The van der Waals surface area contributed by atoms with E-state index in [1.165, 1.54) is 12.1 Å². The molecule has 2 atom stereocenters. The Hall–Kier alpha value is -1.13. The van der Waals surface area contributed by atoms with Gasteiger partial charge in [0.25, 0.3) is 0 Å². The Labute approximate surface area is 101 Å². The van der Waals surface area contributed by atoms with Gasteiger partial charge in [0.05, 0.1) is 19.3 Å². The van der Waals surface area contributed by atoms with Crippen molar-refractivity contribution in [2.75, 3.05) is 14.2 Å². The van der Waals surface area contributed by atoms with Crippen LogP contribution in [0.5, 0.6) is 5.75 Å². The van der Waals surface area contributed by atoms with E-state index in [1.807, 2.05) is 0 Å². The summed E-state index contributed by atoms with van der Waals surface area (Å²) in [4.78, 5) is 0. The second-order valence-electron chi connectivity index (χ2n) is 4.45. The van der Waals surface area contributed by atoms with E-state index >= 15 is 0 Å². The Kier molecular flexibility index (Phi) is 3.64. The lowest BCUT2D eigenvalue weighted by atomic mass is 9.98. The van der Waals surface area contributed by atoms with Gasteiger partial charge in [0.2, 0.25) is 0 Å². The molecule has 17 heavy (non-hydrogen) atoms. The molecule has 1 fully saturated rings. The van der Waals surface area contributed by atoms with E-state index in [9.17, 15) is 4.39 Å². The summed E-state index contributed by atoms with van der Waals surface area (Å²) in [6, 6.07) is 4.05. The van der Waals surface area contributed by atoms with Crippen LogP contribution in [0.4, 0.5) is 4.39 Å². The molecule has 94 valence electrons. The van der Waals surface area contributed by atoms with Gasteiger partial charge in [0.15, 0.2) is 0 Å². The van der Waals surface area contributed by atoms with Crippen LogP contribution < -0.4 is 10.5 Å². The number of hydrogen-bond acceptors (Lipinski definition) is 3. The van der Waals surface area contributed by atoms with E-state index in [-0.39, 0.29) is 18.0 Å². The van der Waals surface area contributed by atoms with Crippen molar-refractivity contribution in [2.45, 2.75) is 25.0 Å². The minimum absolute atomic E-state index is 0.0642. The van der Waals surface area contributed by atoms with Crippen molar-refractivity contribution >= 4 is 0 Å². The van der Waals surface area contributed by atoms with Crippen molar-refractivity contribution in [3.63, 3.8) is 0 Å². The van der Waals surface area contributed by atoms with Crippen LogP contribution in [-0.4, -0.2) is 20.3 Å². The zero-order valence-electron chi connectivity index (χ0n) is 10.2. The van der Waals surface area contributed by atoms with Crippen LogP contribution in [0.15, 0.2) is 18.2 Å². The van der Waals surface area contributed by atoms with Gasteiger partial charge < -0.3 is 15.2 Å². The minimum atomic E-state index is -0.349. The molecule has 3 nitrogen and oxygen atoms in total. The number of nitrogens with two attached hydrogens (primary N) is 1. The van der Waals surface area contributed by atoms with Gasteiger partial charge >= 0.3 is 0 Å². The summed E-state index contributed by atoms with van der Waals surface area (Å²) in [5.74, 6) is 0.798. The highest BCUT2D eigenvalue weighted by molar-refractivity contribution is 5.37. The first-order valence-electron chi connectivity index (χ1n) is 5.79. The molecule has 1 aromatic rings. The van der Waals surface area contributed by atoms with Gasteiger partial charge in [-0.15, -0.1) is 0 Å². The summed E-state index contributed by atoms with van der Waals surface area (Å²) in [5.41, 5.74) is 6.84. The molecule has 0 bridgehead atoms. The average molecular weight is 239 g/mol. The van der Waals surface area contributed by atoms with E-state index in [1.54, 1.807) is 20.3 Å². The van der Waals surface area contributed by atoms with Gasteiger partial charge in [0, 0.05) is 12.7 Å². The summed E-state index contributed by atoms with van der Waals surface area (Å²) in [7, 11) is 3.21. The van der Waals surface area contributed by atoms with E-state index in [4.69, 9.17) is 15.2 Å². The Balaban J connectivity index is 2.27. The molecular formula is C13H18FNO2. The second-order valence-corrected chi connectivity index (χ2v) is 4.45. The highest BCUT2D eigenvalue weighted by atomic mass is 19.1. The number of hydrogen-bond donors (Lipinski definition) is 1. The van der Waals surface area contributed by atoms with Crippen LogP contribution in [0.3, 0.4) is 0 Å². The van der Waals surface area contributed by atoms with Gasteiger partial charge in [-0.3, -0.25) is 0 Å². The van der Waals surface area contributed by atoms with Crippen molar-refractivity contribution in [2.24, 2.45) is 11.7 Å². The molecular weight excluding hydrogens is 221 g/mol. The van der Waals surface area contributed by atoms with Crippen molar-refractivity contribution in [1.82, 2.24) is 0 Å². The minimum Gasteiger partial charge on any atom is -0.496 e. The van der Waals surface area contributed by atoms with Crippen molar-refractivity contribution in [3.8, 4) is 5.75 Å². The molecule has 0 aliphatic heterocycles. The molecule has 0 saturated heterocycles. The first-order valence-corrected chi connectivity index (χ1v) is 5.79. The third kappa shape index (κ3) is 2.58. The topological polar surface area (TPSA) is 44.5 Å². The second kappa shape index (κ2) is 5.02. The summed E-state index contributed by atoms with van der Waals surface area (Å²) in [6.45, 7) is 0. The maximum atomic E-state index is 13.3. The third-order valence-corrected chi connectivity index (χ3v) is 3.26. The van der Waals surface area contributed by atoms with Gasteiger partial charge in [-0.1, -0.05) is 0 Å². The molecule has 1 saturated carbocycles. The largest absolute Gasteiger partial charge is 0.496 e. The van der Waals surface area contributed by atoms with Crippen molar-refractivity contribution in [3.05, 3.63) is 29.6 Å². The van der Waals surface area contributed by atoms with Gasteiger partial charge in [-0.25, -0.2) is 4.39 Å². The SMILES string of the molecule is COc1ccc(F)cc1C(N)C(OC)C1CC1. The molecule has 0 spiro atoms. The fourth-order valence-electron chi connectivity index (χ4n) is 2.20. The molecule has 4 heteroatoms. The molecule has 0 radical (unpaired) electrons. The molecule has 0 aromatic heterocycles. The number of halogens is 1. The van der Waals surface area contributed by atoms with Gasteiger partial charge in [-0.05, 0) is 37.0 Å². The summed E-state index contributed by atoms with van der Waals surface area (Å²) in [6.07, 6.45) is 2.19. The molecule has 2 rings (SSSR count). The zero-order chi connectivity index (χ0) is 12.4. The van der Waals surface area contributed by atoms with Crippen LogP contribution in [0.1, 0.15) is 24.4 Å². The maximum Gasteiger partial charge on any atom is 0.123 e. The normalized spacial score (nSPS) is 18.8. The monoisotopic (exact) mass is 239 g/mol. The average Bonchev–Trinajstić information content (AvgIpc) is 3.14. The lowest BCUT2D eigenvalue weighted by Gasteiger charge is -2.24. The Morgan fingerprint density at radius 3 is 2.59 bits per heavy atom. The number of rotatable bonds is 5. The van der Waals surface area contributed by atoms with E-state index in [0.29, 0.717) is 17.2 Å². The van der Waals surface area contributed by atoms with E-state index in [0.717, 1.165) is 12.8 Å². The van der Waals surface area contributed by atoms with Crippen LogP contribution in [0, 0.1) is 11.7 Å². The lowest BCUT2D eigenvalue weighted by Crippen LogP contribution is -2.30. The molecule has 2 N–H and O–H groups in total. The lowest BCUT2D eigenvalue weighted by molar-refractivity contribution is 0.0616. The van der Waals surface area contributed by atoms with Crippen LogP contribution >= 0.6 is 0 Å². The number of ether oxygens (including phenoxy) is 2. The molecule has 1 aromatic carbocycles. The highest BCUT2D eigenvalue weighted by Gasteiger charge is 2.36. The Morgan fingerprint density at radius 2 is 2.06 bits per heavy atom. The number of benzene rings is 1. The quantitative estimate of drug-likeness (QED) is 0.857. The van der Waals surface area contributed by atoms with Crippen molar-refractivity contribution in [1.29, 1.82) is 0 Å². The Bertz CT molecular complexity index is 393. The highest BCUT2D eigenvalue weighted by Crippen LogP contribution is 2.40. The summed E-state index contributed by atoms with van der Waals surface area (Å²) < 4.78 is 23.9. The third-order valence-electron chi connectivity index (χ3n) is 3.26. The molecule has 0 heterocycles. The predicted molar refractivity (Wildman–Crippen MR) is 63.4 cm³/mol. The fraction of sp³-hybridized carbons (Fsp3) is 0.538. The van der Waals surface area contributed by atoms with Crippen LogP contribution in [0.25, 0.3) is 0 Å². The smallest absolute Gasteiger partial charge is 0.123 e. The zero-order valence-corrected chi connectivity index (χ0v) is 10.2. The van der Waals surface area contributed by atoms with Crippen molar-refractivity contribution < 1.29 is 13.9 Å². The van der Waals surface area contributed by atoms with Crippen LogP contribution in [0.2, 0.25) is 0 Å². The standard InChI is InChI=1S/C13H18FNO2/c1-16-11-6-5-9(14)7-10(11)12(15)13(17-2)8-3-4-8/h5-8,12-13H,3-4,15H2,1-2H3. The summed E-state index contributed by atoms with van der Waals surface area (Å²) in [5, 5.41) is 0. The van der Waals surface area contributed by atoms with Gasteiger partial charge in [-0.2, -0.15) is 0 Å². The summed E-state index contributed by atoms with van der Waals surface area (Å²) >= 11 is 0. The maximum absolute atomic E-state index is 13.3. The molecule has 1 aliphatic rings. The Morgan fingerprint density at radius 1 is 1.35 bits per heavy atom. The number of methoxy groups -OCH3 is 2. The molecule has 0 amide bonds. The van der Waals surface area contributed by atoms with Gasteiger partial charge in [0.1, 0.15) is 11.6 Å². The molecule has 2 unspecified atom stereocenters. The first-order chi connectivity index (χ1) is 8.17. The fourth-order valence-corrected chi connectivity index (χ4v) is 2.20. The molecule has 1 aliphatic carbocycles. The van der Waals surface area contributed by atoms with E-state index < -0.39 is 0 Å². The van der Waals surface area contributed by atoms with Crippen LogP contribution in [-0.2, 0) is 4.74 Å².